The molecule has 0 fully saturated rings. The molecule has 0 aliphatic carbocycles. The zero-order valence-corrected chi connectivity index (χ0v) is 89.7. The van der Waals surface area contributed by atoms with Crippen molar-refractivity contribution in [1.29, 1.82) is 0 Å². The maximum Gasteiger partial charge on any atom is 2.00 e. The Morgan fingerprint density at radius 1 is 0.203 bits per heavy atom. The normalized spacial score (nSPS) is 12.0. The molecule has 0 spiro atoms. The van der Waals surface area contributed by atoms with Crippen LogP contribution in [0, 0.1) is 25.7 Å². The predicted molar refractivity (Wildman–Crippen MR) is 578 cm³/mol. The number of hydrogen-bond acceptors (Lipinski definition) is 0. The smallest absolute Gasteiger partial charge is 0.493 e. The van der Waals surface area contributed by atoms with Crippen molar-refractivity contribution in [3.05, 3.63) is 100 Å². The van der Waals surface area contributed by atoms with E-state index >= 15 is 0 Å². The summed E-state index contributed by atoms with van der Waals surface area (Å²) in [4.78, 5) is 0. The quantitative estimate of drug-likeness (QED) is 0.0207. The molecule has 2 aromatic rings. The van der Waals surface area contributed by atoms with Crippen LogP contribution >= 0.6 is 0 Å². The molecule has 748 valence electrons. The van der Waals surface area contributed by atoms with Crippen molar-refractivity contribution in [2.75, 3.05) is 0 Å². The van der Waals surface area contributed by atoms with Gasteiger partial charge >= 0.3 is 16.5 Å². The molecule has 0 bridgehead atoms. The van der Waals surface area contributed by atoms with Crippen LogP contribution in [0.25, 0.3) is 16.9 Å². The van der Waals surface area contributed by atoms with E-state index in [2.05, 4.69) is 117 Å². The standard InChI is InChI=1S/C69H114N2.2C28H57.Ni/c1-7-13-19-24-27-28-29-30-31-32-33-34-35-36-37-38-39-42-47-53-67-66(52-18-12-6)68(64-58-62(50-45-40-25-20-14-8-2)55-63(59-64)51-46-41-26-21-15-9-3)71(70)69(67)65-56-60(48-43-22-16-10-4)54-61(57-65)49-44-23-17-11-5;2*1-3-5-7-9-11-13-15-17-19-21-23-25-27-28-26-24-22-20-18-16-14-12-10-8-6-4-2;/h54-59H,7-46,48-52H2,1-6H3;2*1,3-28H2,2H3;/q;2*-1;+2. The van der Waals surface area contributed by atoms with Gasteiger partial charge in [0, 0.05) is 23.1 Å². The number of hydrogen-bond donors (Lipinski definition) is 0. The van der Waals surface area contributed by atoms with Crippen molar-refractivity contribution in [3.63, 3.8) is 0 Å². The average molecular weight is 1820 g/mol. The second-order valence-corrected chi connectivity index (χ2v) is 41.1. The maximum absolute atomic E-state index is 13.0. The SMILES string of the molecule is CCCCCCCCCCCCCCCCCCCC#CC1=C(c2cc(CCCCCC)cc(CCCCCC)c2)[N+](=[N-])C(c2cc(CCCCCCCC)cc(CCCCCCCC)c2)=C1CCCC.[CH2-]CCCCCCCCCCCCCCCCCCCCCCCCCCC.[CH2-]CCCCCCCCCCCCCCCCCCCCCCCCCCC.[Ni+2]. The molecule has 3 rings (SSSR count). The number of benzene rings is 2. The van der Waals surface area contributed by atoms with Crippen LogP contribution in [0.5, 0.6) is 0 Å². The molecule has 0 N–H and O–H groups in total. The van der Waals surface area contributed by atoms with Crippen LogP contribution in [-0.2, 0) is 42.2 Å². The third-order valence-electron chi connectivity index (χ3n) is 28.3. The van der Waals surface area contributed by atoms with Gasteiger partial charge in [0.2, 0.25) is 11.4 Å². The molecule has 0 atom stereocenters. The Hall–Kier alpha value is -2.43. The van der Waals surface area contributed by atoms with Crippen LogP contribution in [0.1, 0.15) is 686 Å². The summed E-state index contributed by atoms with van der Waals surface area (Å²) in [6, 6.07) is 14.8. The molecule has 0 aromatic heterocycles. The summed E-state index contributed by atoms with van der Waals surface area (Å²) in [5, 5.41) is 0. The Bertz CT molecular complexity index is 2540. The molecule has 0 unspecified atom stereocenters. The fourth-order valence-corrected chi connectivity index (χ4v) is 19.7. The molecule has 2 aromatic carbocycles. The first-order valence-corrected chi connectivity index (χ1v) is 59.1. The second kappa shape index (κ2) is 103. The van der Waals surface area contributed by atoms with E-state index in [9.17, 15) is 5.53 Å². The molecule has 1 aliphatic heterocycles. The zero-order valence-electron chi connectivity index (χ0n) is 88.7. The zero-order chi connectivity index (χ0) is 91.6. The number of allylic oxidation sites excluding steroid dienone is 2. The Kier molecular flexibility index (Phi) is 102. The molecule has 0 saturated heterocycles. The maximum atomic E-state index is 13.0. The summed E-state index contributed by atoms with van der Waals surface area (Å²) < 4.78 is 1.64. The van der Waals surface area contributed by atoms with Crippen LogP contribution in [0.15, 0.2) is 47.5 Å². The van der Waals surface area contributed by atoms with E-state index < -0.39 is 0 Å². The van der Waals surface area contributed by atoms with E-state index in [1.165, 1.54) is 586 Å². The first-order valence-electron chi connectivity index (χ1n) is 59.1. The van der Waals surface area contributed by atoms with Gasteiger partial charge in [0.15, 0.2) is 0 Å². The Morgan fingerprint density at radius 2 is 0.375 bits per heavy atom. The summed E-state index contributed by atoms with van der Waals surface area (Å²) in [5.41, 5.74) is 25.3. The minimum atomic E-state index is 0. The van der Waals surface area contributed by atoms with Gasteiger partial charge in [0.1, 0.15) is 5.57 Å². The van der Waals surface area contributed by atoms with Crippen LogP contribution in [0.4, 0.5) is 0 Å². The fraction of sp³-hybridized carbons (Fsp3) is 0.840. The molecule has 128 heavy (non-hydrogen) atoms. The van der Waals surface area contributed by atoms with Crippen molar-refractivity contribution in [1.82, 2.24) is 0 Å². The summed E-state index contributed by atoms with van der Waals surface area (Å²) in [6.07, 6.45) is 134. The van der Waals surface area contributed by atoms with Gasteiger partial charge in [0.05, 0.1) is 0 Å². The van der Waals surface area contributed by atoms with Crippen molar-refractivity contribution in [2.45, 2.75) is 678 Å². The van der Waals surface area contributed by atoms with Gasteiger partial charge in [-0.25, -0.2) is 4.70 Å². The molecule has 2 nitrogen and oxygen atoms in total. The van der Waals surface area contributed by atoms with E-state index in [-0.39, 0.29) is 16.5 Å². The molecule has 3 heteroatoms. The van der Waals surface area contributed by atoms with Crippen molar-refractivity contribution >= 4 is 11.4 Å². The average Bonchev–Trinajstić information content (AvgIpc) is 1.60. The minimum absolute atomic E-state index is 0. The molecule has 1 heterocycles. The third-order valence-corrected chi connectivity index (χ3v) is 28.3. The minimum Gasteiger partial charge on any atom is -0.493 e. The van der Waals surface area contributed by atoms with Crippen LogP contribution in [0.2, 0.25) is 0 Å². The molecule has 0 saturated carbocycles. The van der Waals surface area contributed by atoms with Gasteiger partial charge in [0.25, 0.3) is 0 Å². The molecule has 1 aliphatic rings. The van der Waals surface area contributed by atoms with Crippen LogP contribution in [-0.4, -0.2) is 4.70 Å². The molecule has 0 amide bonds. The molecular weight excluding hydrogens is 1590 g/mol. The summed E-state index contributed by atoms with van der Waals surface area (Å²) in [6.45, 7) is 26.3. The van der Waals surface area contributed by atoms with Gasteiger partial charge in [-0.05, 0) is 117 Å². The summed E-state index contributed by atoms with van der Waals surface area (Å²) >= 11 is 0. The Morgan fingerprint density at radius 3 is 0.578 bits per heavy atom. The van der Waals surface area contributed by atoms with Crippen molar-refractivity contribution in [3.8, 4) is 11.8 Å². The van der Waals surface area contributed by atoms with Gasteiger partial charge in [-0.3, -0.25) is 0 Å². The van der Waals surface area contributed by atoms with Crippen molar-refractivity contribution in [2.24, 2.45) is 0 Å². The topological polar surface area (TPSA) is 25.3 Å². The van der Waals surface area contributed by atoms with Gasteiger partial charge in [-0.2, -0.15) is 12.8 Å². The third kappa shape index (κ3) is 79.8. The number of nitrogens with zero attached hydrogens (tertiary/aromatic N) is 2. The van der Waals surface area contributed by atoms with E-state index in [0.29, 0.717) is 0 Å². The Labute approximate surface area is 817 Å². The van der Waals surface area contributed by atoms with E-state index in [0.717, 1.165) is 93.2 Å². The first kappa shape index (κ1) is 126. The largest absolute Gasteiger partial charge is 2.00 e. The first-order chi connectivity index (χ1) is 62.8. The number of rotatable bonds is 96. The number of aryl methyl sites for hydroxylation is 4. The predicted octanol–water partition coefficient (Wildman–Crippen LogP) is 45.1. The van der Waals surface area contributed by atoms with Crippen LogP contribution < -0.4 is 0 Å². The fourth-order valence-electron chi connectivity index (χ4n) is 19.7. The van der Waals surface area contributed by atoms with Gasteiger partial charge in [-0.1, -0.05) is 612 Å². The van der Waals surface area contributed by atoms with E-state index in [4.69, 9.17) is 0 Å². The van der Waals surface area contributed by atoms with Gasteiger partial charge < -0.3 is 19.4 Å². The molecule has 0 radical (unpaired) electrons. The van der Waals surface area contributed by atoms with E-state index in [1.54, 1.807) is 4.70 Å². The Balaban J connectivity index is 0.00000231. The number of unbranched alkanes of at least 4 members (excludes halogenated alkanes) is 84. The van der Waals surface area contributed by atoms with Crippen LogP contribution in [0.3, 0.4) is 0 Å². The monoisotopic (exact) mass is 1820 g/mol. The van der Waals surface area contributed by atoms with E-state index in [1.807, 2.05) is 0 Å². The second-order valence-electron chi connectivity index (χ2n) is 41.1. The summed E-state index contributed by atoms with van der Waals surface area (Å²) in [5.74, 6) is 7.59. The summed E-state index contributed by atoms with van der Waals surface area (Å²) in [7, 11) is 0. The molecular formula is C125H228N2Ni. The van der Waals surface area contributed by atoms with Gasteiger partial charge in [-0.15, -0.1) is 0 Å². The van der Waals surface area contributed by atoms with Crippen molar-refractivity contribution < 1.29 is 21.2 Å².